The third kappa shape index (κ3) is 2.51. The van der Waals surface area contributed by atoms with E-state index >= 15 is 0 Å². The Balaban J connectivity index is 3.29. The van der Waals surface area contributed by atoms with Crippen molar-refractivity contribution in [2.45, 2.75) is 33.6 Å². The van der Waals surface area contributed by atoms with Gasteiger partial charge in [0, 0.05) is 11.1 Å². The molecule has 0 aromatic heterocycles. The zero-order valence-corrected chi connectivity index (χ0v) is 9.78. The van der Waals surface area contributed by atoms with Gasteiger partial charge in [-0.3, -0.25) is 0 Å². The summed E-state index contributed by atoms with van der Waals surface area (Å²) in [6.45, 7) is 9.88. The smallest absolute Gasteiger partial charge is 0.265 e. The second-order valence-corrected chi connectivity index (χ2v) is 3.91. The summed E-state index contributed by atoms with van der Waals surface area (Å²) in [4.78, 5) is 0. The second kappa shape index (κ2) is 4.86. The maximum absolute atomic E-state index is 8.02. The largest absolute Gasteiger partial charge is 0.593 e. The molecule has 1 aromatic carbocycles. The maximum Gasteiger partial charge on any atom is 0.265 e. The number of hydrogen-bond acceptors (Lipinski definition) is 0. The van der Waals surface area contributed by atoms with Crippen LogP contribution >= 0.6 is 0 Å². The van der Waals surface area contributed by atoms with Gasteiger partial charge in [0.05, 0.1) is 5.56 Å². The van der Waals surface area contributed by atoms with Crippen molar-refractivity contribution in [2.24, 2.45) is 0 Å². The van der Waals surface area contributed by atoms with Crippen LogP contribution in [0.25, 0.3) is 5.57 Å². The van der Waals surface area contributed by atoms with E-state index in [1.54, 1.807) is 0 Å². The van der Waals surface area contributed by atoms with Crippen molar-refractivity contribution < 1.29 is 5.11 Å². The molecule has 0 saturated carbocycles. The summed E-state index contributed by atoms with van der Waals surface area (Å²) in [7, 11) is 0. The first kappa shape index (κ1) is 11.6. The molecular formula is C14H19O+. The fourth-order valence-corrected chi connectivity index (χ4v) is 1.77. The number of aryl methyl sites for hydroxylation is 2. The summed E-state index contributed by atoms with van der Waals surface area (Å²) >= 11 is 0. The Kier molecular flexibility index (Phi) is 3.76. The van der Waals surface area contributed by atoms with Gasteiger partial charge >= 0.3 is 0 Å². The van der Waals surface area contributed by atoms with Gasteiger partial charge in [-0.2, -0.15) is 0 Å². The van der Waals surface area contributed by atoms with E-state index in [1.165, 1.54) is 5.56 Å². The van der Waals surface area contributed by atoms with Crippen molar-refractivity contribution in [3.63, 3.8) is 0 Å². The minimum absolute atomic E-state index is 0.611. The van der Waals surface area contributed by atoms with E-state index in [4.69, 9.17) is 5.11 Å². The molecule has 0 heterocycles. The molecule has 1 heteroatoms. The van der Waals surface area contributed by atoms with Gasteiger partial charge < -0.3 is 5.11 Å². The van der Waals surface area contributed by atoms with E-state index in [9.17, 15) is 0 Å². The quantitative estimate of drug-likeness (QED) is 0.528. The molecule has 0 atom stereocenters. The molecule has 0 aliphatic rings. The van der Waals surface area contributed by atoms with Gasteiger partial charge in [0.1, 0.15) is 0 Å². The first-order chi connectivity index (χ1) is 7.10. The summed E-state index contributed by atoms with van der Waals surface area (Å²) in [5, 5.41) is 8.02. The second-order valence-electron chi connectivity index (χ2n) is 3.91. The van der Waals surface area contributed by atoms with Gasteiger partial charge in [-0.1, -0.05) is 19.9 Å². The van der Waals surface area contributed by atoms with Crippen LogP contribution in [0.4, 0.5) is 0 Å². The van der Waals surface area contributed by atoms with Crippen LogP contribution in [0.2, 0.25) is 0 Å². The van der Waals surface area contributed by atoms with E-state index < -0.39 is 0 Å². The monoisotopic (exact) mass is 203 g/mol. The Labute approximate surface area is 91.8 Å². The first-order valence-electron chi connectivity index (χ1n) is 5.32. The predicted molar refractivity (Wildman–Crippen MR) is 66.4 cm³/mol. The van der Waals surface area contributed by atoms with Gasteiger partial charge in [0.15, 0.2) is 0 Å². The minimum atomic E-state index is 0.611. The van der Waals surface area contributed by atoms with Crippen LogP contribution in [-0.4, -0.2) is 5.11 Å². The van der Waals surface area contributed by atoms with Gasteiger partial charge in [-0.15, -0.1) is 5.73 Å². The van der Waals surface area contributed by atoms with Crippen molar-refractivity contribution in [3.8, 4) is 5.75 Å². The van der Waals surface area contributed by atoms with Crippen molar-refractivity contribution in [1.82, 2.24) is 0 Å². The molecule has 80 valence electrons. The van der Waals surface area contributed by atoms with E-state index in [0.717, 1.165) is 29.5 Å². The fourth-order valence-electron chi connectivity index (χ4n) is 1.77. The molecule has 0 aliphatic carbocycles. The van der Waals surface area contributed by atoms with Crippen LogP contribution in [0.1, 0.15) is 36.5 Å². The molecule has 0 fully saturated rings. The topological polar surface area (TPSA) is 22.9 Å². The highest BCUT2D eigenvalue weighted by molar-refractivity contribution is 5.71. The Bertz CT molecular complexity index is 410. The summed E-state index contributed by atoms with van der Waals surface area (Å²) in [5.74, 6) is 0.611. The fraction of sp³-hybridized carbons (Fsp3) is 0.357. The number of benzene rings is 1. The zero-order valence-electron chi connectivity index (χ0n) is 9.78. The highest BCUT2D eigenvalue weighted by Crippen LogP contribution is 2.31. The molecule has 15 heavy (non-hydrogen) atoms. The van der Waals surface area contributed by atoms with Crippen molar-refractivity contribution in [1.29, 1.82) is 0 Å². The molecule has 1 rings (SSSR count). The molecule has 1 nitrogen and oxygen atoms in total. The van der Waals surface area contributed by atoms with Crippen LogP contribution in [-0.2, 0) is 0 Å². The van der Waals surface area contributed by atoms with Crippen molar-refractivity contribution in [3.05, 3.63) is 41.1 Å². The first-order valence-corrected chi connectivity index (χ1v) is 5.32. The van der Waals surface area contributed by atoms with Crippen LogP contribution in [0.15, 0.2) is 24.4 Å². The predicted octanol–water partition coefficient (Wildman–Crippen LogP) is 3.71. The number of hydrogen-bond donors (Lipinski definition) is 0. The van der Waals surface area contributed by atoms with Gasteiger partial charge in [-0.05, 0) is 38.0 Å². The molecule has 0 unspecified atom stereocenters. The van der Waals surface area contributed by atoms with E-state index in [1.807, 2.05) is 13.0 Å². The SMILES string of the molecule is C=C=C(CCC)c1cc(C)cc(C)c1[OH2+]. The Morgan fingerprint density at radius 2 is 2.07 bits per heavy atom. The van der Waals surface area contributed by atoms with E-state index in [2.05, 4.69) is 32.2 Å². The lowest BCUT2D eigenvalue weighted by atomic mass is 9.97. The normalized spacial score (nSPS) is 9.80. The lowest BCUT2D eigenvalue weighted by Gasteiger charge is -2.07. The summed E-state index contributed by atoms with van der Waals surface area (Å²) in [6, 6.07) is 4.09. The molecule has 0 bridgehead atoms. The molecule has 0 aliphatic heterocycles. The van der Waals surface area contributed by atoms with Crippen molar-refractivity contribution >= 4 is 5.57 Å². The molecular weight excluding hydrogens is 184 g/mol. The van der Waals surface area contributed by atoms with Crippen LogP contribution < -0.4 is 0 Å². The summed E-state index contributed by atoms with van der Waals surface area (Å²) in [5.41, 5.74) is 7.23. The number of allylic oxidation sites excluding steroid dienone is 1. The molecule has 2 N–H and O–H groups in total. The Morgan fingerprint density at radius 3 is 2.60 bits per heavy atom. The highest BCUT2D eigenvalue weighted by atomic mass is 16.3. The third-order valence-electron chi connectivity index (χ3n) is 2.52. The molecule has 0 amide bonds. The molecule has 1 aromatic rings. The van der Waals surface area contributed by atoms with Crippen LogP contribution in [0.3, 0.4) is 0 Å². The van der Waals surface area contributed by atoms with Crippen LogP contribution in [0.5, 0.6) is 5.75 Å². The van der Waals surface area contributed by atoms with Crippen molar-refractivity contribution in [2.75, 3.05) is 0 Å². The average molecular weight is 203 g/mol. The van der Waals surface area contributed by atoms with E-state index in [0.29, 0.717) is 5.75 Å². The van der Waals surface area contributed by atoms with E-state index in [-0.39, 0.29) is 0 Å². The number of rotatable bonds is 3. The van der Waals surface area contributed by atoms with Gasteiger partial charge in [0.2, 0.25) is 0 Å². The maximum atomic E-state index is 8.02. The highest BCUT2D eigenvalue weighted by Gasteiger charge is 2.13. The lowest BCUT2D eigenvalue weighted by molar-refractivity contribution is 0.469. The Morgan fingerprint density at radius 1 is 1.40 bits per heavy atom. The van der Waals surface area contributed by atoms with Gasteiger partial charge in [0.25, 0.3) is 5.75 Å². The lowest BCUT2D eigenvalue weighted by Crippen LogP contribution is -1.89. The molecule has 0 radical (unpaired) electrons. The third-order valence-corrected chi connectivity index (χ3v) is 2.52. The molecule has 0 saturated heterocycles. The average Bonchev–Trinajstić information content (AvgIpc) is 2.20. The molecule has 0 spiro atoms. The Hall–Kier alpha value is -1.46. The van der Waals surface area contributed by atoms with Gasteiger partial charge in [-0.25, -0.2) is 0 Å². The zero-order chi connectivity index (χ0) is 11.4. The summed E-state index contributed by atoms with van der Waals surface area (Å²) < 4.78 is 0. The standard InChI is InChI=1S/C14H18O/c1-5-7-12(6-2)13-9-10(3)8-11(4)14(13)15/h8-9,15H,2,5,7H2,1,3-4H3/p+1. The van der Waals surface area contributed by atoms with Crippen LogP contribution in [0, 0.1) is 13.8 Å². The minimum Gasteiger partial charge on any atom is -0.593 e. The summed E-state index contributed by atoms with van der Waals surface area (Å²) in [6.07, 6.45) is 2.00.